The number of halogens is 1. The molecule has 1 fully saturated rings. The molecule has 0 saturated carbocycles. The quantitative estimate of drug-likeness (QED) is 0.732. The summed E-state index contributed by atoms with van der Waals surface area (Å²) in [5, 5.41) is 6.16. The normalized spacial score (nSPS) is 16.2. The maximum Gasteiger partial charge on any atom is 0.254 e. The Hall–Kier alpha value is -2.11. The van der Waals surface area contributed by atoms with Gasteiger partial charge in [-0.2, -0.15) is 0 Å². The summed E-state index contributed by atoms with van der Waals surface area (Å²) in [6.07, 6.45) is 5.31. The molecule has 0 aromatic heterocycles. The molecule has 2 N–H and O–H groups in total. The van der Waals surface area contributed by atoms with Crippen molar-refractivity contribution in [2.24, 2.45) is 5.92 Å². The smallest absolute Gasteiger partial charge is 0.254 e. The first-order valence-electron chi connectivity index (χ1n) is 8.28. The molecular weight excluding hydrogens is 338 g/mol. The molecule has 0 radical (unpaired) electrons. The fraction of sp³-hybridized carbons (Fsp3) is 0.368. The number of piperidine rings is 1. The second-order valence-electron chi connectivity index (χ2n) is 5.90. The van der Waals surface area contributed by atoms with Gasteiger partial charge in [0.1, 0.15) is 0 Å². The van der Waals surface area contributed by atoms with Gasteiger partial charge in [0.05, 0.1) is 5.92 Å². The highest BCUT2D eigenvalue weighted by Gasteiger charge is 2.21. The number of anilines is 1. The van der Waals surface area contributed by atoms with Gasteiger partial charge in [-0.3, -0.25) is 9.59 Å². The summed E-state index contributed by atoms with van der Waals surface area (Å²) in [7, 11) is 0. The van der Waals surface area contributed by atoms with Gasteiger partial charge < -0.3 is 15.5 Å². The minimum absolute atomic E-state index is 0. The summed E-state index contributed by atoms with van der Waals surface area (Å²) >= 11 is 0. The number of hydrogen-bond acceptors (Lipinski definition) is 3. The van der Waals surface area contributed by atoms with E-state index in [-0.39, 0.29) is 30.1 Å². The Kier molecular flexibility index (Phi) is 8.95. The van der Waals surface area contributed by atoms with E-state index in [1.807, 2.05) is 0 Å². The Morgan fingerprint density at radius 3 is 2.36 bits per heavy atom. The van der Waals surface area contributed by atoms with Crippen molar-refractivity contribution < 1.29 is 9.59 Å². The zero-order chi connectivity index (χ0) is 17.4. The van der Waals surface area contributed by atoms with Crippen LogP contribution in [0.3, 0.4) is 0 Å². The molecule has 0 aliphatic carbocycles. The van der Waals surface area contributed by atoms with Crippen LogP contribution in [0.1, 0.15) is 23.2 Å². The van der Waals surface area contributed by atoms with Crippen molar-refractivity contribution in [1.29, 1.82) is 0 Å². The molecule has 6 heteroatoms. The number of nitrogens with zero attached hydrogens (tertiary/aromatic N) is 1. The number of carbonyl (C=O) groups excluding carboxylic acids is 2. The summed E-state index contributed by atoms with van der Waals surface area (Å²) < 4.78 is 0. The number of rotatable bonds is 7. The van der Waals surface area contributed by atoms with E-state index in [0.717, 1.165) is 25.9 Å². The molecule has 25 heavy (non-hydrogen) atoms. The number of amides is 2. The summed E-state index contributed by atoms with van der Waals surface area (Å²) in [4.78, 5) is 26.3. The molecular formula is C19H26ClN3O2. The number of carbonyl (C=O) groups is 2. The fourth-order valence-corrected chi connectivity index (χ4v) is 2.75. The van der Waals surface area contributed by atoms with Gasteiger partial charge in [-0.15, -0.1) is 25.6 Å². The van der Waals surface area contributed by atoms with Crippen LogP contribution in [0.5, 0.6) is 0 Å². The van der Waals surface area contributed by atoms with Crippen LogP contribution >= 0.6 is 12.4 Å². The Balaban J connectivity index is 0.00000312. The zero-order valence-corrected chi connectivity index (χ0v) is 15.2. The Morgan fingerprint density at radius 1 is 1.20 bits per heavy atom. The summed E-state index contributed by atoms with van der Waals surface area (Å²) in [6.45, 7) is 9.98. The van der Waals surface area contributed by atoms with Gasteiger partial charge in [0.2, 0.25) is 5.91 Å². The van der Waals surface area contributed by atoms with Crippen molar-refractivity contribution in [1.82, 2.24) is 10.2 Å². The van der Waals surface area contributed by atoms with Gasteiger partial charge in [0.15, 0.2) is 0 Å². The van der Waals surface area contributed by atoms with E-state index < -0.39 is 0 Å². The Bertz CT molecular complexity index is 585. The topological polar surface area (TPSA) is 61.4 Å². The van der Waals surface area contributed by atoms with Crippen molar-refractivity contribution in [2.45, 2.75) is 12.8 Å². The van der Waals surface area contributed by atoms with E-state index in [4.69, 9.17) is 0 Å². The lowest BCUT2D eigenvalue weighted by Crippen LogP contribution is -2.37. The predicted molar refractivity (Wildman–Crippen MR) is 104 cm³/mol. The first kappa shape index (κ1) is 20.9. The SMILES string of the molecule is C=CCN(CC=C)C(=O)c1ccc(NC(=O)C2CCCNC2)cc1.Cl. The van der Waals surface area contributed by atoms with Crippen LogP contribution in [0.25, 0.3) is 0 Å². The molecule has 0 bridgehead atoms. The first-order valence-corrected chi connectivity index (χ1v) is 8.28. The van der Waals surface area contributed by atoms with Gasteiger partial charge in [-0.1, -0.05) is 12.2 Å². The molecule has 1 heterocycles. The minimum Gasteiger partial charge on any atom is -0.331 e. The molecule has 1 aromatic carbocycles. The predicted octanol–water partition coefficient (Wildman–Crippen LogP) is 2.86. The molecule has 1 saturated heterocycles. The van der Waals surface area contributed by atoms with E-state index in [2.05, 4.69) is 23.8 Å². The van der Waals surface area contributed by atoms with E-state index in [1.165, 1.54) is 0 Å². The average molecular weight is 364 g/mol. The lowest BCUT2D eigenvalue weighted by molar-refractivity contribution is -0.120. The van der Waals surface area contributed by atoms with Crippen LogP contribution in [-0.2, 0) is 4.79 Å². The molecule has 5 nitrogen and oxygen atoms in total. The largest absolute Gasteiger partial charge is 0.331 e. The second kappa shape index (κ2) is 10.7. The summed E-state index contributed by atoms with van der Waals surface area (Å²) in [5.74, 6) is -0.0406. The molecule has 1 aromatic rings. The lowest BCUT2D eigenvalue weighted by atomic mass is 9.99. The highest BCUT2D eigenvalue weighted by atomic mass is 35.5. The number of nitrogens with one attached hydrogen (secondary N) is 2. The van der Waals surface area contributed by atoms with Crippen LogP contribution in [0, 0.1) is 5.92 Å². The maximum atomic E-state index is 12.4. The monoisotopic (exact) mass is 363 g/mol. The zero-order valence-electron chi connectivity index (χ0n) is 14.4. The first-order chi connectivity index (χ1) is 11.7. The van der Waals surface area contributed by atoms with Crippen LogP contribution < -0.4 is 10.6 Å². The molecule has 1 atom stereocenters. The standard InChI is InChI=1S/C19H25N3O2.ClH/c1-3-12-22(13-4-2)19(24)15-7-9-17(10-8-15)21-18(23)16-6-5-11-20-14-16;/h3-4,7-10,16,20H,1-2,5-6,11-14H2,(H,21,23);1H. The highest BCUT2D eigenvalue weighted by molar-refractivity contribution is 5.96. The number of benzene rings is 1. The second-order valence-corrected chi connectivity index (χ2v) is 5.90. The Morgan fingerprint density at radius 2 is 1.84 bits per heavy atom. The molecule has 0 spiro atoms. The van der Waals surface area contributed by atoms with Gasteiger partial charge in [-0.05, 0) is 43.7 Å². The Labute approximate surface area is 155 Å². The highest BCUT2D eigenvalue weighted by Crippen LogP contribution is 2.16. The molecule has 1 unspecified atom stereocenters. The van der Waals surface area contributed by atoms with Crippen molar-refractivity contribution in [2.75, 3.05) is 31.5 Å². The molecule has 2 rings (SSSR count). The van der Waals surface area contributed by atoms with E-state index >= 15 is 0 Å². The van der Waals surface area contributed by atoms with Crippen molar-refractivity contribution in [3.05, 3.63) is 55.1 Å². The summed E-state index contributed by atoms with van der Waals surface area (Å²) in [5.41, 5.74) is 1.29. The summed E-state index contributed by atoms with van der Waals surface area (Å²) in [6, 6.07) is 7.00. The maximum absolute atomic E-state index is 12.4. The fourth-order valence-electron chi connectivity index (χ4n) is 2.75. The van der Waals surface area contributed by atoms with Gasteiger partial charge >= 0.3 is 0 Å². The third-order valence-electron chi connectivity index (χ3n) is 4.05. The van der Waals surface area contributed by atoms with Crippen molar-refractivity contribution >= 4 is 29.9 Å². The van der Waals surface area contributed by atoms with E-state index in [9.17, 15) is 9.59 Å². The van der Waals surface area contributed by atoms with Crippen LogP contribution in [0.2, 0.25) is 0 Å². The van der Waals surface area contributed by atoms with Crippen molar-refractivity contribution in [3.8, 4) is 0 Å². The van der Waals surface area contributed by atoms with E-state index in [1.54, 1.807) is 41.3 Å². The molecule has 136 valence electrons. The van der Waals surface area contributed by atoms with Crippen LogP contribution in [0.4, 0.5) is 5.69 Å². The van der Waals surface area contributed by atoms with Crippen molar-refractivity contribution in [3.63, 3.8) is 0 Å². The van der Waals surface area contributed by atoms with E-state index in [0.29, 0.717) is 24.3 Å². The molecule has 1 aliphatic heterocycles. The number of hydrogen-bond donors (Lipinski definition) is 2. The third kappa shape index (κ3) is 6.03. The molecule has 1 aliphatic rings. The average Bonchev–Trinajstić information content (AvgIpc) is 2.62. The van der Waals surface area contributed by atoms with Gasteiger partial charge in [0, 0.05) is 30.9 Å². The third-order valence-corrected chi connectivity index (χ3v) is 4.05. The minimum atomic E-state index is -0.0795. The van der Waals surface area contributed by atoms with Crippen LogP contribution in [0.15, 0.2) is 49.6 Å². The van der Waals surface area contributed by atoms with Gasteiger partial charge in [-0.25, -0.2) is 0 Å². The van der Waals surface area contributed by atoms with Crippen LogP contribution in [-0.4, -0.2) is 42.9 Å². The lowest BCUT2D eigenvalue weighted by Gasteiger charge is -2.22. The van der Waals surface area contributed by atoms with Gasteiger partial charge in [0.25, 0.3) is 5.91 Å². The molecule has 2 amide bonds.